The molecule has 0 aliphatic heterocycles. The van der Waals surface area contributed by atoms with E-state index in [0.717, 1.165) is 18.7 Å². The summed E-state index contributed by atoms with van der Waals surface area (Å²) < 4.78 is 1.83. The summed E-state index contributed by atoms with van der Waals surface area (Å²) in [6, 6.07) is 1.84. The monoisotopic (exact) mass is 206 g/mol. The fraction of sp³-hybridized carbons (Fsp3) is 0.667. The zero-order valence-corrected chi connectivity index (χ0v) is 9.44. The molecule has 0 radical (unpaired) electrons. The van der Waals surface area contributed by atoms with E-state index >= 15 is 0 Å². The van der Waals surface area contributed by atoms with Gasteiger partial charge in [-0.05, 0) is 31.2 Å². The van der Waals surface area contributed by atoms with Crippen LogP contribution >= 0.6 is 0 Å². The largest absolute Gasteiger partial charge is 0.292 e. The first-order chi connectivity index (χ1) is 7.24. The van der Waals surface area contributed by atoms with Crippen LogP contribution in [0.15, 0.2) is 12.3 Å². The molecular weight excluding hydrogens is 188 g/mol. The number of Topliss-reactive ketones (excluding diaryl/α,β-unsaturated/α-hetero) is 1. The average Bonchev–Trinajstić information content (AvgIpc) is 2.98. The summed E-state index contributed by atoms with van der Waals surface area (Å²) >= 11 is 0. The minimum atomic E-state index is 0.178. The molecule has 0 spiro atoms. The molecule has 3 heteroatoms. The molecule has 1 saturated carbocycles. The van der Waals surface area contributed by atoms with Gasteiger partial charge in [0.25, 0.3) is 0 Å². The van der Waals surface area contributed by atoms with Crippen molar-refractivity contribution in [3.05, 3.63) is 18.0 Å². The topological polar surface area (TPSA) is 34.9 Å². The highest BCUT2D eigenvalue weighted by atomic mass is 16.1. The molecule has 0 amide bonds. The first-order valence-corrected chi connectivity index (χ1v) is 5.80. The van der Waals surface area contributed by atoms with Crippen molar-refractivity contribution in [2.45, 2.75) is 39.7 Å². The molecule has 3 nitrogen and oxygen atoms in total. The van der Waals surface area contributed by atoms with Crippen molar-refractivity contribution in [3.63, 3.8) is 0 Å². The molecular formula is C12H18N2O. The third-order valence-corrected chi connectivity index (χ3v) is 3.15. The van der Waals surface area contributed by atoms with Gasteiger partial charge >= 0.3 is 0 Å². The molecule has 82 valence electrons. The van der Waals surface area contributed by atoms with Gasteiger partial charge in [0.05, 0.1) is 0 Å². The smallest absolute Gasteiger partial charge is 0.183 e. The molecule has 0 aromatic carbocycles. The highest BCUT2D eigenvalue weighted by molar-refractivity contribution is 5.96. The molecule has 0 bridgehead atoms. The summed E-state index contributed by atoms with van der Waals surface area (Å²) in [5.41, 5.74) is 0.788. The van der Waals surface area contributed by atoms with Gasteiger partial charge in [-0.15, -0.1) is 0 Å². The second kappa shape index (κ2) is 4.17. The Bertz CT molecular complexity index is 352. The van der Waals surface area contributed by atoms with Gasteiger partial charge in [-0.1, -0.05) is 13.8 Å². The molecule has 1 aliphatic rings. The third-order valence-electron chi connectivity index (χ3n) is 3.15. The van der Waals surface area contributed by atoms with Gasteiger partial charge in [-0.25, -0.2) is 0 Å². The number of hydrogen-bond donors (Lipinski definition) is 0. The number of aryl methyl sites for hydroxylation is 1. The van der Waals surface area contributed by atoms with Crippen LogP contribution in [0.3, 0.4) is 0 Å². The molecule has 2 rings (SSSR count). The van der Waals surface area contributed by atoms with Gasteiger partial charge in [-0.2, -0.15) is 5.10 Å². The van der Waals surface area contributed by atoms with Crippen molar-refractivity contribution in [2.24, 2.45) is 11.8 Å². The summed E-state index contributed by atoms with van der Waals surface area (Å²) in [5.74, 6) is 1.07. The first-order valence-electron chi connectivity index (χ1n) is 5.80. The lowest BCUT2D eigenvalue weighted by Gasteiger charge is -2.10. The summed E-state index contributed by atoms with van der Waals surface area (Å²) in [5, 5.41) is 4.18. The van der Waals surface area contributed by atoms with E-state index in [9.17, 15) is 4.79 Å². The molecule has 1 unspecified atom stereocenters. The first kappa shape index (κ1) is 10.4. The zero-order valence-electron chi connectivity index (χ0n) is 9.44. The predicted molar refractivity (Wildman–Crippen MR) is 58.7 cm³/mol. The predicted octanol–water partition coefficient (Wildman–Crippen LogP) is 2.52. The van der Waals surface area contributed by atoms with Crippen molar-refractivity contribution in [1.82, 2.24) is 9.78 Å². The fourth-order valence-corrected chi connectivity index (χ4v) is 1.98. The van der Waals surface area contributed by atoms with Crippen molar-refractivity contribution in [1.29, 1.82) is 0 Å². The molecule has 1 atom stereocenters. The van der Waals surface area contributed by atoms with E-state index in [0.29, 0.717) is 5.92 Å². The number of nitrogens with zero attached hydrogens (tertiary/aromatic N) is 2. The minimum Gasteiger partial charge on any atom is -0.292 e. The van der Waals surface area contributed by atoms with Gasteiger partial charge in [-0.3, -0.25) is 9.48 Å². The molecule has 1 aromatic heterocycles. The van der Waals surface area contributed by atoms with Crippen LogP contribution in [0.4, 0.5) is 0 Å². The molecule has 0 N–H and O–H groups in total. The van der Waals surface area contributed by atoms with Gasteiger partial charge in [0.15, 0.2) is 5.78 Å². The van der Waals surface area contributed by atoms with Gasteiger partial charge in [0, 0.05) is 18.7 Å². The number of carbonyl (C=O) groups excluding carboxylic acids is 1. The Morgan fingerprint density at radius 1 is 1.67 bits per heavy atom. The van der Waals surface area contributed by atoms with E-state index < -0.39 is 0 Å². The van der Waals surface area contributed by atoms with Crippen LogP contribution in [0.25, 0.3) is 0 Å². The summed E-state index contributed by atoms with van der Waals surface area (Å²) in [6.07, 6.45) is 5.17. The number of ketones is 1. The Morgan fingerprint density at radius 2 is 2.40 bits per heavy atom. The lowest BCUT2D eigenvalue weighted by atomic mass is 9.98. The standard InChI is InChI=1S/C12H18N2O/c1-3-8-14-11(6-7-13-14)12(15)9(2)10-4-5-10/h6-7,9-10H,3-5,8H2,1-2H3. The highest BCUT2D eigenvalue weighted by Crippen LogP contribution is 2.38. The van der Waals surface area contributed by atoms with Crippen LogP contribution < -0.4 is 0 Å². The molecule has 0 saturated heterocycles. The van der Waals surface area contributed by atoms with Crippen molar-refractivity contribution < 1.29 is 4.79 Å². The molecule has 1 fully saturated rings. The molecule has 1 aliphatic carbocycles. The Morgan fingerprint density at radius 3 is 3.00 bits per heavy atom. The normalized spacial score (nSPS) is 17.7. The third kappa shape index (κ3) is 2.11. The van der Waals surface area contributed by atoms with Crippen molar-refractivity contribution in [2.75, 3.05) is 0 Å². The summed E-state index contributed by atoms with van der Waals surface area (Å²) in [6.45, 7) is 4.98. The maximum atomic E-state index is 12.1. The van der Waals surface area contributed by atoms with Crippen molar-refractivity contribution in [3.8, 4) is 0 Å². The van der Waals surface area contributed by atoms with E-state index in [4.69, 9.17) is 0 Å². The Balaban J connectivity index is 2.13. The minimum absolute atomic E-state index is 0.178. The average molecular weight is 206 g/mol. The van der Waals surface area contributed by atoms with Crippen LogP contribution in [0.1, 0.15) is 43.6 Å². The van der Waals surface area contributed by atoms with E-state index in [2.05, 4.69) is 12.0 Å². The maximum Gasteiger partial charge on any atom is 0.183 e. The molecule has 15 heavy (non-hydrogen) atoms. The van der Waals surface area contributed by atoms with E-state index in [-0.39, 0.29) is 11.7 Å². The van der Waals surface area contributed by atoms with Gasteiger partial charge < -0.3 is 0 Å². The summed E-state index contributed by atoms with van der Waals surface area (Å²) in [4.78, 5) is 12.1. The number of carbonyl (C=O) groups is 1. The molecule has 1 heterocycles. The number of aromatic nitrogens is 2. The maximum absolute atomic E-state index is 12.1. The van der Waals surface area contributed by atoms with Crippen LogP contribution in [0.2, 0.25) is 0 Å². The Labute approximate surface area is 90.5 Å². The van der Waals surface area contributed by atoms with Crippen LogP contribution in [-0.2, 0) is 6.54 Å². The quantitative estimate of drug-likeness (QED) is 0.694. The summed E-state index contributed by atoms with van der Waals surface area (Å²) in [7, 11) is 0. The van der Waals surface area contributed by atoms with Crippen LogP contribution in [-0.4, -0.2) is 15.6 Å². The molecule has 1 aromatic rings. The fourth-order valence-electron chi connectivity index (χ4n) is 1.98. The lowest BCUT2D eigenvalue weighted by molar-refractivity contribution is 0.0905. The highest BCUT2D eigenvalue weighted by Gasteiger charge is 2.34. The lowest BCUT2D eigenvalue weighted by Crippen LogP contribution is -2.18. The van der Waals surface area contributed by atoms with Crippen LogP contribution in [0, 0.1) is 11.8 Å². The second-order valence-corrected chi connectivity index (χ2v) is 4.43. The zero-order chi connectivity index (χ0) is 10.8. The Kier molecular flexibility index (Phi) is 2.89. The van der Waals surface area contributed by atoms with Gasteiger partial charge in [0.1, 0.15) is 5.69 Å². The number of rotatable bonds is 5. The van der Waals surface area contributed by atoms with E-state index in [1.807, 2.05) is 17.7 Å². The Hall–Kier alpha value is -1.12. The van der Waals surface area contributed by atoms with E-state index in [1.54, 1.807) is 6.20 Å². The van der Waals surface area contributed by atoms with Crippen LogP contribution in [0.5, 0.6) is 0 Å². The van der Waals surface area contributed by atoms with Crippen molar-refractivity contribution >= 4 is 5.78 Å². The van der Waals surface area contributed by atoms with E-state index in [1.165, 1.54) is 12.8 Å². The van der Waals surface area contributed by atoms with Gasteiger partial charge in [0.2, 0.25) is 0 Å². The second-order valence-electron chi connectivity index (χ2n) is 4.43. The number of hydrogen-bond acceptors (Lipinski definition) is 2. The SMILES string of the molecule is CCCn1nccc1C(=O)C(C)C1CC1.